The first kappa shape index (κ1) is 18.0. The molecule has 0 aliphatic heterocycles. The molecule has 0 aliphatic carbocycles. The molecule has 0 unspecified atom stereocenters. The number of likely N-dealkylation sites (N-methyl/N-ethyl adjacent to an activating group) is 1. The van der Waals surface area contributed by atoms with Crippen molar-refractivity contribution in [1.29, 1.82) is 0 Å². The molecule has 0 saturated heterocycles. The van der Waals surface area contributed by atoms with Gasteiger partial charge in [0.25, 0.3) is 5.91 Å². The number of rotatable bonds is 5. The Kier molecular flexibility index (Phi) is 5.27. The van der Waals surface area contributed by atoms with Gasteiger partial charge in [0.15, 0.2) is 6.10 Å². The van der Waals surface area contributed by atoms with Gasteiger partial charge in [-0.15, -0.1) is 11.3 Å². The van der Waals surface area contributed by atoms with Crippen molar-refractivity contribution in [3.63, 3.8) is 0 Å². The lowest BCUT2D eigenvalue weighted by atomic mass is 10.2. The van der Waals surface area contributed by atoms with Crippen molar-refractivity contribution in [3.8, 4) is 0 Å². The second kappa shape index (κ2) is 7.61. The molecular formula is C19H17FN2O3S. The van der Waals surface area contributed by atoms with Gasteiger partial charge in [0, 0.05) is 13.6 Å². The highest BCUT2D eigenvalue weighted by Crippen LogP contribution is 2.20. The summed E-state index contributed by atoms with van der Waals surface area (Å²) in [7, 11) is 1.58. The first-order chi connectivity index (χ1) is 12.4. The van der Waals surface area contributed by atoms with Crippen molar-refractivity contribution in [2.45, 2.75) is 19.6 Å². The van der Waals surface area contributed by atoms with E-state index in [0.29, 0.717) is 11.1 Å². The highest BCUT2D eigenvalue weighted by molar-refractivity contribution is 7.16. The third-order valence-corrected chi connectivity index (χ3v) is 4.68. The summed E-state index contributed by atoms with van der Waals surface area (Å²) in [6.07, 6.45) is -0.946. The summed E-state index contributed by atoms with van der Waals surface area (Å²) in [6, 6.07) is 11.1. The summed E-state index contributed by atoms with van der Waals surface area (Å²) >= 11 is 1.43. The number of thiazole rings is 1. The predicted octanol–water partition coefficient (Wildman–Crippen LogP) is 3.64. The molecule has 0 N–H and O–H groups in total. The fourth-order valence-corrected chi connectivity index (χ4v) is 3.27. The maximum Gasteiger partial charge on any atom is 0.338 e. The van der Waals surface area contributed by atoms with Crippen LogP contribution in [-0.4, -0.2) is 34.9 Å². The predicted molar refractivity (Wildman–Crippen MR) is 97.4 cm³/mol. The standard InChI is InChI=1S/C19H17FN2O3S/c1-12(18(23)22(2)10-13-4-3-5-15(20)8-13)25-19(24)14-6-7-16-17(9-14)26-11-21-16/h3-9,11-12H,10H2,1-2H3/t12-/m0/s1. The molecule has 3 rings (SSSR count). The second-order valence-electron chi connectivity index (χ2n) is 5.91. The van der Waals surface area contributed by atoms with E-state index in [1.807, 2.05) is 0 Å². The SMILES string of the molecule is C[C@H](OC(=O)c1ccc2ncsc2c1)C(=O)N(C)Cc1cccc(F)c1. The molecule has 1 aromatic heterocycles. The molecule has 0 fully saturated rings. The van der Waals surface area contributed by atoms with E-state index in [4.69, 9.17) is 4.74 Å². The number of esters is 1. The van der Waals surface area contributed by atoms with E-state index in [1.165, 1.54) is 35.3 Å². The number of carbonyl (C=O) groups excluding carboxylic acids is 2. The van der Waals surface area contributed by atoms with Gasteiger partial charge < -0.3 is 9.64 Å². The Morgan fingerprint density at radius 2 is 2.08 bits per heavy atom. The number of amides is 1. The van der Waals surface area contributed by atoms with Gasteiger partial charge in [0.2, 0.25) is 0 Å². The Morgan fingerprint density at radius 1 is 1.27 bits per heavy atom. The maximum atomic E-state index is 13.2. The van der Waals surface area contributed by atoms with Crippen LogP contribution in [0.5, 0.6) is 0 Å². The molecule has 0 aliphatic rings. The Bertz CT molecular complexity index is 957. The van der Waals surface area contributed by atoms with Crippen molar-refractivity contribution < 1.29 is 18.7 Å². The number of hydrogen-bond donors (Lipinski definition) is 0. The zero-order valence-electron chi connectivity index (χ0n) is 14.3. The van der Waals surface area contributed by atoms with Crippen molar-refractivity contribution in [3.05, 3.63) is 64.9 Å². The number of hydrogen-bond acceptors (Lipinski definition) is 5. The zero-order valence-corrected chi connectivity index (χ0v) is 15.1. The largest absolute Gasteiger partial charge is 0.449 e. The lowest BCUT2D eigenvalue weighted by molar-refractivity contribution is -0.139. The molecule has 5 nitrogen and oxygen atoms in total. The molecule has 1 heterocycles. The summed E-state index contributed by atoms with van der Waals surface area (Å²) in [4.78, 5) is 30.3. The maximum absolute atomic E-state index is 13.2. The van der Waals surface area contributed by atoms with Crippen molar-refractivity contribution in [2.24, 2.45) is 0 Å². The average Bonchev–Trinajstić information content (AvgIpc) is 3.08. The van der Waals surface area contributed by atoms with Crippen LogP contribution in [0.2, 0.25) is 0 Å². The Morgan fingerprint density at radius 3 is 2.85 bits per heavy atom. The van der Waals surface area contributed by atoms with Crippen LogP contribution < -0.4 is 0 Å². The minimum Gasteiger partial charge on any atom is -0.449 e. The summed E-state index contributed by atoms with van der Waals surface area (Å²) in [5.74, 6) is -1.29. The van der Waals surface area contributed by atoms with Crippen LogP contribution in [0, 0.1) is 5.82 Å². The van der Waals surface area contributed by atoms with Crippen molar-refractivity contribution in [1.82, 2.24) is 9.88 Å². The summed E-state index contributed by atoms with van der Waals surface area (Å²) in [5, 5.41) is 0. The van der Waals surface area contributed by atoms with E-state index < -0.39 is 12.1 Å². The number of aromatic nitrogens is 1. The number of ether oxygens (including phenoxy) is 1. The van der Waals surface area contributed by atoms with Gasteiger partial charge in [-0.2, -0.15) is 0 Å². The van der Waals surface area contributed by atoms with E-state index in [1.54, 1.807) is 42.9 Å². The van der Waals surface area contributed by atoms with Crippen LogP contribution in [0.4, 0.5) is 4.39 Å². The zero-order chi connectivity index (χ0) is 18.7. The molecule has 0 saturated carbocycles. The van der Waals surface area contributed by atoms with Gasteiger partial charge in [-0.1, -0.05) is 12.1 Å². The molecule has 134 valence electrons. The van der Waals surface area contributed by atoms with E-state index in [-0.39, 0.29) is 18.3 Å². The van der Waals surface area contributed by atoms with Crippen molar-refractivity contribution >= 4 is 33.4 Å². The summed E-state index contributed by atoms with van der Waals surface area (Å²) < 4.78 is 19.4. The number of carbonyl (C=O) groups is 2. The Hall–Kier alpha value is -2.80. The fraction of sp³-hybridized carbons (Fsp3) is 0.211. The highest BCUT2D eigenvalue weighted by atomic mass is 32.1. The summed E-state index contributed by atoms with van der Waals surface area (Å²) in [5.41, 5.74) is 3.54. The molecule has 26 heavy (non-hydrogen) atoms. The van der Waals surface area contributed by atoms with Crippen LogP contribution in [0.25, 0.3) is 10.2 Å². The van der Waals surface area contributed by atoms with Crippen molar-refractivity contribution in [2.75, 3.05) is 7.05 Å². The molecule has 3 aromatic rings. The molecule has 2 aromatic carbocycles. The molecule has 0 bridgehead atoms. The number of benzene rings is 2. The number of nitrogens with zero attached hydrogens (tertiary/aromatic N) is 2. The van der Waals surface area contributed by atoms with Crippen LogP contribution >= 0.6 is 11.3 Å². The van der Waals surface area contributed by atoms with Gasteiger partial charge >= 0.3 is 5.97 Å². The quantitative estimate of drug-likeness (QED) is 0.642. The van der Waals surface area contributed by atoms with E-state index in [0.717, 1.165) is 10.2 Å². The molecule has 0 spiro atoms. The van der Waals surface area contributed by atoms with Gasteiger partial charge in [-0.3, -0.25) is 4.79 Å². The topological polar surface area (TPSA) is 59.5 Å². The van der Waals surface area contributed by atoms with Crippen LogP contribution in [0.15, 0.2) is 48.0 Å². The Labute approximate surface area is 154 Å². The third-order valence-electron chi connectivity index (χ3n) is 3.88. The van der Waals surface area contributed by atoms with Crippen LogP contribution in [-0.2, 0) is 16.1 Å². The fourth-order valence-electron chi connectivity index (χ4n) is 2.56. The second-order valence-corrected chi connectivity index (χ2v) is 6.79. The van der Waals surface area contributed by atoms with Gasteiger partial charge in [0.05, 0.1) is 21.3 Å². The normalized spacial score (nSPS) is 12.0. The first-order valence-electron chi connectivity index (χ1n) is 7.97. The van der Waals surface area contributed by atoms with Gasteiger partial charge in [-0.05, 0) is 42.8 Å². The minimum absolute atomic E-state index is 0.227. The Balaban J connectivity index is 1.63. The highest BCUT2D eigenvalue weighted by Gasteiger charge is 2.22. The third kappa shape index (κ3) is 4.05. The number of fused-ring (bicyclic) bond motifs is 1. The van der Waals surface area contributed by atoms with Crippen LogP contribution in [0.3, 0.4) is 0 Å². The first-order valence-corrected chi connectivity index (χ1v) is 8.85. The van der Waals surface area contributed by atoms with E-state index in [2.05, 4.69) is 4.98 Å². The average molecular weight is 372 g/mol. The molecule has 0 radical (unpaired) electrons. The lowest BCUT2D eigenvalue weighted by Crippen LogP contribution is -2.37. The molecular weight excluding hydrogens is 355 g/mol. The monoisotopic (exact) mass is 372 g/mol. The summed E-state index contributed by atoms with van der Waals surface area (Å²) in [6.45, 7) is 1.75. The molecule has 7 heteroatoms. The van der Waals surface area contributed by atoms with Gasteiger partial charge in [0.1, 0.15) is 5.82 Å². The smallest absolute Gasteiger partial charge is 0.338 e. The molecule has 1 atom stereocenters. The van der Waals surface area contributed by atoms with E-state index in [9.17, 15) is 14.0 Å². The number of halogens is 1. The van der Waals surface area contributed by atoms with Crippen LogP contribution in [0.1, 0.15) is 22.8 Å². The molecule has 1 amide bonds. The minimum atomic E-state index is -0.946. The lowest BCUT2D eigenvalue weighted by Gasteiger charge is -2.21. The van der Waals surface area contributed by atoms with Gasteiger partial charge in [-0.25, -0.2) is 14.2 Å². The van der Waals surface area contributed by atoms with E-state index >= 15 is 0 Å².